The first-order valence-electron chi connectivity index (χ1n) is 4.01. The Bertz CT molecular complexity index is 230. The molecule has 1 fully saturated rings. The molecule has 2 atom stereocenters. The maximum absolute atomic E-state index is 11.1. The summed E-state index contributed by atoms with van der Waals surface area (Å²) in [6.45, 7) is 5.36. The summed E-state index contributed by atoms with van der Waals surface area (Å²) in [7, 11) is 1.36. The van der Waals surface area contributed by atoms with Gasteiger partial charge < -0.3 is 4.74 Å². The van der Waals surface area contributed by atoms with Gasteiger partial charge in [0.15, 0.2) is 0 Å². The molecule has 3 nitrogen and oxygen atoms in total. The molecule has 0 bridgehead atoms. The average molecular weight is 170 g/mol. The van der Waals surface area contributed by atoms with E-state index in [1.165, 1.54) is 14.0 Å². The fourth-order valence-corrected chi connectivity index (χ4v) is 1.96. The molecule has 0 radical (unpaired) electrons. The SMILES string of the molecule is COC(=O)C1C(C(C)=O)C1(C)C. The van der Waals surface area contributed by atoms with Crippen molar-refractivity contribution in [1.29, 1.82) is 0 Å². The van der Waals surface area contributed by atoms with E-state index in [4.69, 9.17) is 0 Å². The van der Waals surface area contributed by atoms with Crippen LogP contribution in [-0.4, -0.2) is 18.9 Å². The molecule has 0 aromatic rings. The molecule has 0 aliphatic heterocycles. The molecular formula is C9H14O3. The van der Waals surface area contributed by atoms with E-state index in [9.17, 15) is 9.59 Å². The highest BCUT2D eigenvalue weighted by molar-refractivity contribution is 5.92. The van der Waals surface area contributed by atoms with Gasteiger partial charge in [-0.15, -0.1) is 0 Å². The largest absolute Gasteiger partial charge is 0.469 e. The van der Waals surface area contributed by atoms with Crippen LogP contribution in [0.4, 0.5) is 0 Å². The number of methoxy groups -OCH3 is 1. The molecule has 0 aromatic carbocycles. The summed E-state index contributed by atoms with van der Waals surface area (Å²) >= 11 is 0. The lowest BCUT2D eigenvalue weighted by Crippen LogP contribution is -2.08. The summed E-state index contributed by atoms with van der Waals surface area (Å²) in [6.07, 6.45) is 0. The predicted octanol–water partition coefficient (Wildman–Crippen LogP) is 1.02. The van der Waals surface area contributed by atoms with Crippen molar-refractivity contribution in [2.75, 3.05) is 7.11 Å². The van der Waals surface area contributed by atoms with Crippen molar-refractivity contribution in [2.24, 2.45) is 17.3 Å². The monoisotopic (exact) mass is 170 g/mol. The Balaban J connectivity index is 2.73. The third-order valence-electron chi connectivity index (χ3n) is 2.72. The van der Waals surface area contributed by atoms with Crippen molar-refractivity contribution in [2.45, 2.75) is 20.8 Å². The number of Topliss-reactive ketones (excluding diaryl/α,β-unsaturated/α-hetero) is 1. The van der Waals surface area contributed by atoms with Gasteiger partial charge in [-0.2, -0.15) is 0 Å². The highest BCUT2D eigenvalue weighted by atomic mass is 16.5. The van der Waals surface area contributed by atoms with Gasteiger partial charge in [-0.1, -0.05) is 13.8 Å². The predicted molar refractivity (Wildman–Crippen MR) is 43.5 cm³/mol. The van der Waals surface area contributed by atoms with Gasteiger partial charge in [-0.05, 0) is 12.3 Å². The summed E-state index contributed by atoms with van der Waals surface area (Å²) in [5.74, 6) is -0.541. The van der Waals surface area contributed by atoms with Gasteiger partial charge in [0.1, 0.15) is 5.78 Å². The lowest BCUT2D eigenvalue weighted by molar-refractivity contribution is -0.143. The van der Waals surface area contributed by atoms with E-state index in [0.29, 0.717) is 0 Å². The standard InChI is InChI=1S/C9H14O3/c1-5(10)6-7(8(11)12-4)9(6,2)3/h6-7H,1-4H3. The molecule has 0 amide bonds. The van der Waals surface area contributed by atoms with E-state index in [2.05, 4.69) is 4.74 Å². The fraction of sp³-hybridized carbons (Fsp3) is 0.778. The van der Waals surface area contributed by atoms with E-state index < -0.39 is 0 Å². The topological polar surface area (TPSA) is 43.4 Å². The van der Waals surface area contributed by atoms with E-state index in [0.717, 1.165) is 0 Å². The van der Waals surface area contributed by atoms with E-state index >= 15 is 0 Å². The van der Waals surface area contributed by atoms with Crippen LogP contribution in [0.15, 0.2) is 0 Å². The maximum atomic E-state index is 11.1. The second kappa shape index (κ2) is 2.57. The van der Waals surface area contributed by atoms with Gasteiger partial charge >= 0.3 is 5.97 Å². The summed E-state index contributed by atoms with van der Waals surface area (Å²) in [5, 5.41) is 0. The number of ketones is 1. The Hall–Kier alpha value is -0.860. The first kappa shape index (κ1) is 9.23. The molecule has 0 saturated heterocycles. The molecule has 1 rings (SSSR count). The van der Waals surface area contributed by atoms with Gasteiger partial charge in [0.2, 0.25) is 0 Å². The Morgan fingerprint density at radius 2 is 1.75 bits per heavy atom. The quantitative estimate of drug-likeness (QED) is 0.581. The summed E-state index contributed by atoms with van der Waals surface area (Å²) in [6, 6.07) is 0. The Morgan fingerprint density at radius 1 is 1.25 bits per heavy atom. The number of rotatable bonds is 2. The van der Waals surface area contributed by atoms with Crippen molar-refractivity contribution in [3.05, 3.63) is 0 Å². The van der Waals surface area contributed by atoms with Crippen LogP contribution < -0.4 is 0 Å². The molecule has 0 N–H and O–H groups in total. The number of esters is 1. The number of ether oxygens (including phenoxy) is 1. The zero-order valence-corrected chi connectivity index (χ0v) is 7.88. The molecule has 1 aliphatic rings. The number of hydrogen-bond donors (Lipinski definition) is 0. The van der Waals surface area contributed by atoms with Gasteiger partial charge in [0.25, 0.3) is 0 Å². The third-order valence-corrected chi connectivity index (χ3v) is 2.72. The second-order valence-electron chi connectivity index (χ2n) is 3.91. The zero-order valence-electron chi connectivity index (χ0n) is 7.88. The summed E-state index contributed by atoms with van der Waals surface area (Å²) in [5.41, 5.74) is -0.196. The van der Waals surface area contributed by atoms with Crippen molar-refractivity contribution < 1.29 is 14.3 Å². The zero-order chi connectivity index (χ0) is 9.52. The highest BCUT2D eigenvalue weighted by Gasteiger charge is 2.64. The molecule has 2 unspecified atom stereocenters. The van der Waals surface area contributed by atoms with Crippen LogP contribution in [0, 0.1) is 17.3 Å². The molecule has 0 aromatic heterocycles. The van der Waals surface area contributed by atoms with Crippen molar-refractivity contribution in [3.8, 4) is 0 Å². The van der Waals surface area contributed by atoms with Crippen LogP contribution in [-0.2, 0) is 14.3 Å². The molecule has 0 heterocycles. The maximum Gasteiger partial charge on any atom is 0.309 e. The summed E-state index contributed by atoms with van der Waals surface area (Å²) in [4.78, 5) is 22.2. The van der Waals surface area contributed by atoms with Crippen molar-refractivity contribution in [3.63, 3.8) is 0 Å². The number of hydrogen-bond acceptors (Lipinski definition) is 3. The van der Waals surface area contributed by atoms with Crippen molar-refractivity contribution >= 4 is 11.8 Å². The number of carbonyl (C=O) groups excluding carboxylic acids is 2. The molecule has 1 aliphatic carbocycles. The molecular weight excluding hydrogens is 156 g/mol. The van der Waals surface area contributed by atoms with Gasteiger partial charge in [0.05, 0.1) is 13.0 Å². The molecule has 12 heavy (non-hydrogen) atoms. The molecule has 68 valence electrons. The Kier molecular flexibility index (Phi) is 1.98. The van der Waals surface area contributed by atoms with Gasteiger partial charge in [-0.3, -0.25) is 9.59 Å². The van der Waals surface area contributed by atoms with Gasteiger partial charge in [-0.25, -0.2) is 0 Å². The van der Waals surface area contributed by atoms with E-state index in [1.807, 2.05) is 13.8 Å². The lowest BCUT2D eigenvalue weighted by Gasteiger charge is -1.98. The lowest BCUT2D eigenvalue weighted by atomic mass is 10.1. The minimum Gasteiger partial charge on any atom is -0.469 e. The second-order valence-corrected chi connectivity index (χ2v) is 3.91. The summed E-state index contributed by atoms with van der Waals surface area (Å²) < 4.78 is 4.60. The van der Waals surface area contributed by atoms with Crippen molar-refractivity contribution in [1.82, 2.24) is 0 Å². The van der Waals surface area contributed by atoms with E-state index in [1.54, 1.807) is 0 Å². The fourth-order valence-electron chi connectivity index (χ4n) is 1.96. The van der Waals surface area contributed by atoms with Crippen LogP contribution in [0.5, 0.6) is 0 Å². The van der Waals surface area contributed by atoms with E-state index in [-0.39, 0.29) is 29.0 Å². The van der Waals surface area contributed by atoms with Crippen LogP contribution in [0.1, 0.15) is 20.8 Å². The smallest absolute Gasteiger partial charge is 0.309 e. The first-order valence-corrected chi connectivity index (χ1v) is 4.01. The highest BCUT2D eigenvalue weighted by Crippen LogP contribution is 2.58. The minimum atomic E-state index is -0.264. The normalized spacial score (nSPS) is 31.0. The van der Waals surface area contributed by atoms with Gasteiger partial charge in [0, 0.05) is 5.92 Å². The van der Waals surface area contributed by atoms with Crippen LogP contribution >= 0.6 is 0 Å². The Labute approximate surface area is 72.1 Å². The van der Waals surface area contributed by atoms with Crippen LogP contribution in [0.2, 0.25) is 0 Å². The number of carbonyl (C=O) groups is 2. The van der Waals surface area contributed by atoms with Crippen LogP contribution in [0.3, 0.4) is 0 Å². The average Bonchev–Trinajstić information content (AvgIpc) is 2.52. The Morgan fingerprint density at radius 3 is 2.00 bits per heavy atom. The third kappa shape index (κ3) is 1.13. The molecule has 3 heteroatoms. The molecule has 0 spiro atoms. The molecule has 1 saturated carbocycles. The minimum absolute atomic E-state index is 0.0791. The first-order chi connectivity index (χ1) is 5.42. The van der Waals surface area contributed by atoms with Crippen LogP contribution in [0.25, 0.3) is 0 Å².